The van der Waals surface area contributed by atoms with E-state index in [4.69, 9.17) is 0 Å². The van der Waals surface area contributed by atoms with Crippen LogP contribution in [0.4, 0.5) is 5.69 Å². The molecule has 0 aromatic carbocycles. The molecule has 0 N–H and O–H groups in total. The molecular formula is C11H17N3. The molecule has 76 valence electrons. The monoisotopic (exact) mass is 191 g/mol. The van der Waals surface area contributed by atoms with Gasteiger partial charge in [0, 0.05) is 13.1 Å². The lowest BCUT2D eigenvalue weighted by molar-refractivity contribution is 0.521. The van der Waals surface area contributed by atoms with Crippen molar-refractivity contribution in [1.82, 2.24) is 9.97 Å². The summed E-state index contributed by atoms with van der Waals surface area (Å²) >= 11 is 0. The third-order valence-corrected chi connectivity index (χ3v) is 2.93. The lowest BCUT2D eigenvalue weighted by atomic mass is 10.0. The molecule has 0 bridgehead atoms. The highest BCUT2D eigenvalue weighted by Gasteiger charge is 2.13. The highest BCUT2D eigenvalue weighted by atomic mass is 15.1. The minimum atomic E-state index is 0.865. The van der Waals surface area contributed by atoms with Crippen molar-refractivity contribution in [2.75, 3.05) is 18.0 Å². The van der Waals surface area contributed by atoms with Crippen molar-refractivity contribution in [3.8, 4) is 0 Å². The third-order valence-electron chi connectivity index (χ3n) is 2.93. The van der Waals surface area contributed by atoms with Gasteiger partial charge in [0.1, 0.15) is 6.33 Å². The minimum absolute atomic E-state index is 0.865. The summed E-state index contributed by atoms with van der Waals surface area (Å²) in [7, 11) is 0. The van der Waals surface area contributed by atoms with E-state index in [0.29, 0.717) is 0 Å². The zero-order valence-corrected chi connectivity index (χ0v) is 8.69. The first-order chi connectivity index (χ1) is 6.86. The molecule has 1 aliphatic rings. The molecule has 1 aromatic heterocycles. The molecule has 2 heterocycles. The van der Waals surface area contributed by atoms with Crippen molar-refractivity contribution < 1.29 is 0 Å². The SMILES string of the molecule is CC1CCCN(c2cncnc2)CC1. The molecule has 0 spiro atoms. The molecule has 1 unspecified atom stereocenters. The van der Waals surface area contributed by atoms with Crippen molar-refractivity contribution in [3.05, 3.63) is 18.7 Å². The van der Waals surface area contributed by atoms with Crippen molar-refractivity contribution in [1.29, 1.82) is 0 Å². The zero-order valence-electron chi connectivity index (χ0n) is 8.69. The van der Waals surface area contributed by atoms with Crippen LogP contribution in [0.25, 0.3) is 0 Å². The van der Waals surface area contributed by atoms with Gasteiger partial charge in [0.25, 0.3) is 0 Å². The Labute approximate surface area is 85.2 Å². The molecule has 0 amide bonds. The van der Waals surface area contributed by atoms with Crippen LogP contribution in [0, 0.1) is 5.92 Å². The lowest BCUT2D eigenvalue weighted by Crippen LogP contribution is -2.24. The van der Waals surface area contributed by atoms with E-state index >= 15 is 0 Å². The fourth-order valence-corrected chi connectivity index (χ4v) is 1.98. The summed E-state index contributed by atoms with van der Waals surface area (Å²) in [6.07, 6.45) is 9.32. The average molecular weight is 191 g/mol. The first kappa shape index (κ1) is 9.44. The predicted molar refractivity (Wildman–Crippen MR) is 57.3 cm³/mol. The summed E-state index contributed by atoms with van der Waals surface area (Å²) in [5, 5.41) is 0. The Morgan fingerprint density at radius 3 is 2.79 bits per heavy atom. The average Bonchev–Trinajstić information content (AvgIpc) is 2.44. The Kier molecular flexibility index (Phi) is 2.96. The van der Waals surface area contributed by atoms with Crippen LogP contribution >= 0.6 is 0 Å². The van der Waals surface area contributed by atoms with E-state index in [1.54, 1.807) is 6.33 Å². The molecule has 1 aromatic rings. The van der Waals surface area contributed by atoms with Gasteiger partial charge in [-0.05, 0) is 25.2 Å². The van der Waals surface area contributed by atoms with Gasteiger partial charge in [0.2, 0.25) is 0 Å². The fourth-order valence-electron chi connectivity index (χ4n) is 1.98. The van der Waals surface area contributed by atoms with Crippen LogP contribution in [-0.2, 0) is 0 Å². The Morgan fingerprint density at radius 1 is 1.21 bits per heavy atom. The first-order valence-electron chi connectivity index (χ1n) is 5.36. The van der Waals surface area contributed by atoms with Crippen molar-refractivity contribution >= 4 is 5.69 Å². The molecular weight excluding hydrogens is 174 g/mol. The van der Waals surface area contributed by atoms with E-state index in [9.17, 15) is 0 Å². The Morgan fingerprint density at radius 2 is 2.00 bits per heavy atom. The van der Waals surface area contributed by atoms with Crippen LogP contribution in [0.15, 0.2) is 18.7 Å². The lowest BCUT2D eigenvalue weighted by Gasteiger charge is -2.21. The van der Waals surface area contributed by atoms with Crippen LogP contribution in [0.5, 0.6) is 0 Å². The van der Waals surface area contributed by atoms with Crippen LogP contribution in [0.1, 0.15) is 26.2 Å². The largest absolute Gasteiger partial charge is 0.369 e. The summed E-state index contributed by atoms with van der Waals surface area (Å²) in [5.41, 5.74) is 1.17. The van der Waals surface area contributed by atoms with E-state index in [1.807, 2.05) is 12.4 Å². The van der Waals surface area contributed by atoms with E-state index in [1.165, 1.54) is 24.9 Å². The molecule has 1 atom stereocenters. The number of hydrogen-bond acceptors (Lipinski definition) is 3. The highest BCUT2D eigenvalue weighted by molar-refractivity contribution is 5.41. The van der Waals surface area contributed by atoms with Crippen molar-refractivity contribution in [3.63, 3.8) is 0 Å². The molecule has 3 heteroatoms. The Hall–Kier alpha value is -1.12. The van der Waals surface area contributed by atoms with Crippen LogP contribution in [0.2, 0.25) is 0 Å². The van der Waals surface area contributed by atoms with Crippen LogP contribution in [0.3, 0.4) is 0 Å². The highest BCUT2D eigenvalue weighted by Crippen LogP contribution is 2.20. The molecule has 14 heavy (non-hydrogen) atoms. The van der Waals surface area contributed by atoms with Gasteiger partial charge in [0.15, 0.2) is 0 Å². The maximum absolute atomic E-state index is 4.06. The van der Waals surface area contributed by atoms with Gasteiger partial charge in [-0.15, -0.1) is 0 Å². The number of aromatic nitrogens is 2. The molecule has 3 nitrogen and oxygen atoms in total. The maximum atomic E-state index is 4.06. The molecule has 1 fully saturated rings. The Bertz CT molecular complexity index is 273. The quantitative estimate of drug-likeness (QED) is 0.680. The maximum Gasteiger partial charge on any atom is 0.115 e. The first-order valence-corrected chi connectivity index (χ1v) is 5.36. The van der Waals surface area contributed by atoms with Gasteiger partial charge in [-0.1, -0.05) is 6.92 Å². The second kappa shape index (κ2) is 4.40. The van der Waals surface area contributed by atoms with Gasteiger partial charge in [0.05, 0.1) is 18.1 Å². The smallest absolute Gasteiger partial charge is 0.115 e. The Balaban J connectivity index is 2.04. The van der Waals surface area contributed by atoms with E-state index in [2.05, 4.69) is 21.8 Å². The number of anilines is 1. The van der Waals surface area contributed by atoms with Gasteiger partial charge in [-0.3, -0.25) is 0 Å². The van der Waals surface area contributed by atoms with Gasteiger partial charge >= 0.3 is 0 Å². The van der Waals surface area contributed by atoms with Crippen molar-refractivity contribution in [2.45, 2.75) is 26.2 Å². The van der Waals surface area contributed by atoms with Crippen LogP contribution in [-0.4, -0.2) is 23.1 Å². The number of nitrogens with zero attached hydrogens (tertiary/aromatic N) is 3. The molecule has 1 saturated heterocycles. The summed E-state index contributed by atoms with van der Waals surface area (Å²) in [5.74, 6) is 0.865. The summed E-state index contributed by atoms with van der Waals surface area (Å²) in [6, 6.07) is 0. The predicted octanol–water partition coefficient (Wildman–Crippen LogP) is 2.10. The second-order valence-electron chi connectivity index (χ2n) is 4.12. The summed E-state index contributed by atoms with van der Waals surface area (Å²) in [4.78, 5) is 10.5. The van der Waals surface area contributed by atoms with Gasteiger partial charge in [-0.2, -0.15) is 0 Å². The van der Waals surface area contributed by atoms with Gasteiger partial charge in [-0.25, -0.2) is 9.97 Å². The standard InChI is InChI=1S/C11H17N3/c1-10-3-2-5-14(6-4-10)11-7-12-9-13-8-11/h7-10H,2-6H2,1H3. The van der Waals surface area contributed by atoms with E-state index < -0.39 is 0 Å². The fraction of sp³-hybridized carbons (Fsp3) is 0.636. The number of hydrogen-bond donors (Lipinski definition) is 0. The molecule has 0 radical (unpaired) electrons. The minimum Gasteiger partial charge on any atom is -0.369 e. The zero-order chi connectivity index (χ0) is 9.80. The van der Waals surface area contributed by atoms with E-state index in [0.717, 1.165) is 19.0 Å². The molecule has 2 rings (SSSR count). The van der Waals surface area contributed by atoms with Crippen molar-refractivity contribution in [2.24, 2.45) is 5.92 Å². The number of rotatable bonds is 1. The normalized spacial score (nSPS) is 23.2. The topological polar surface area (TPSA) is 29.0 Å². The second-order valence-corrected chi connectivity index (χ2v) is 4.12. The van der Waals surface area contributed by atoms with Crippen LogP contribution < -0.4 is 4.90 Å². The third kappa shape index (κ3) is 2.22. The van der Waals surface area contributed by atoms with E-state index in [-0.39, 0.29) is 0 Å². The summed E-state index contributed by atoms with van der Waals surface area (Å²) in [6.45, 7) is 4.64. The molecule has 1 aliphatic heterocycles. The van der Waals surface area contributed by atoms with Gasteiger partial charge < -0.3 is 4.90 Å². The molecule has 0 saturated carbocycles. The molecule has 0 aliphatic carbocycles. The summed E-state index contributed by atoms with van der Waals surface area (Å²) < 4.78 is 0.